The van der Waals surface area contributed by atoms with Gasteiger partial charge in [0.1, 0.15) is 5.82 Å². The molecule has 0 aromatic heterocycles. The van der Waals surface area contributed by atoms with Crippen LogP contribution in [0.4, 0.5) is 4.39 Å². The summed E-state index contributed by atoms with van der Waals surface area (Å²) in [5.74, 6) is 1.80. The van der Waals surface area contributed by atoms with Crippen LogP contribution >= 0.6 is 11.8 Å². The fraction of sp³-hybridized carbons (Fsp3) is 0.611. The molecular weight excluding hydrogens is 387 g/mol. The third-order valence-corrected chi connectivity index (χ3v) is 6.85. The van der Waals surface area contributed by atoms with E-state index in [2.05, 4.69) is 20.3 Å². The van der Waals surface area contributed by atoms with Gasteiger partial charge in [-0.05, 0) is 55.2 Å². The molecule has 0 bridgehead atoms. The van der Waals surface area contributed by atoms with Crippen molar-refractivity contribution in [2.45, 2.75) is 30.6 Å². The van der Waals surface area contributed by atoms with Gasteiger partial charge in [-0.2, -0.15) is 0 Å². The summed E-state index contributed by atoms with van der Waals surface area (Å²) >= 11 is 1.67. The summed E-state index contributed by atoms with van der Waals surface area (Å²) < 4.78 is 39.5. The summed E-state index contributed by atoms with van der Waals surface area (Å²) in [6.45, 7) is 1.59. The van der Waals surface area contributed by atoms with Crippen molar-refractivity contribution < 1.29 is 12.8 Å². The van der Waals surface area contributed by atoms with Gasteiger partial charge in [-0.15, -0.1) is 11.8 Å². The molecule has 0 radical (unpaired) electrons. The van der Waals surface area contributed by atoms with E-state index in [9.17, 15) is 12.8 Å². The molecule has 1 aliphatic rings. The van der Waals surface area contributed by atoms with Crippen LogP contribution in [-0.2, 0) is 10.0 Å². The van der Waals surface area contributed by atoms with E-state index >= 15 is 0 Å². The highest BCUT2D eigenvalue weighted by Gasteiger charge is 2.19. The third kappa shape index (κ3) is 8.94. The van der Waals surface area contributed by atoms with Gasteiger partial charge >= 0.3 is 0 Å². The first-order valence-electron chi connectivity index (χ1n) is 9.29. The first kappa shape index (κ1) is 22.0. The Kier molecular flexibility index (Phi) is 9.36. The van der Waals surface area contributed by atoms with E-state index in [0.29, 0.717) is 25.0 Å². The lowest BCUT2D eigenvalue weighted by Crippen LogP contribution is -2.42. The van der Waals surface area contributed by atoms with Gasteiger partial charge in [-0.3, -0.25) is 4.99 Å². The maximum atomic E-state index is 12.8. The number of benzene rings is 1. The Morgan fingerprint density at radius 1 is 1.22 bits per heavy atom. The van der Waals surface area contributed by atoms with Gasteiger partial charge in [0.2, 0.25) is 10.0 Å². The van der Waals surface area contributed by atoms with Gasteiger partial charge in [0.05, 0.1) is 5.75 Å². The van der Waals surface area contributed by atoms with Crippen LogP contribution in [0.5, 0.6) is 0 Å². The number of aliphatic imine (C=N–C) groups is 1. The zero-order chi connectivity index (χ0) is 19.5. The van der Waals surface area contributed by atoms with Crippen LogP contribution in [0.25, 0.3) is 0 Å². The summed E-state index contributed by atoms with van der Waals surface area (Å²) in [6.07, 6.45) is 4.36. The molecule has 6 nitrogen and oxygen atoms in total. The Balaban J connectivity index is 1.54. The molecule has 1 aromatic rings. The second kappa shape index (κ2) is 11.5. The van der Waals surface area contributed by atoms with E-state index in [1.54, 1.807) is 30.9 Å². The number of hydrogen-bond acceptors (Lipinski definition) is 4. The number of hydrogen-bond donors (Lipinski definition) is 3. The molecule has 1 fully saturated rings. The van der Waals surface area contributed by atoms with E-state index in [-0.39, 0.29) is 11.6 Å². The number of sulfonamides is 1. The number of rotatable bonds is 11. The van der Waals surface area contributed by atoms with Crippen molar-refractivity contribution >= 4 is 27.7 Å². The number of nitrogens with one attached hydrogen (secondary N) is 3. The van der Waals surface area contributed by atoms with Crippen LogP contribution in [0.3, 0.4) is 0 Å². The van der Waals surface area contributed by atoms with Gasteiger partial charge in [-0.25, -0.2) is 17.5 Å². The van der Waals surface area contributed by atoms with E-state index in [0.717, 1.165) is 36.5 Å². The van der Waals surface area contributed by atoms with Crippen molar-refractivity contribution in [1.82, 2.24) is 15.4 Å². The third-order valence-electron chi connectivity index (χ3n) is 4.40. The first-order valence-corrected chi connectivity index (χ1v) is 11.9. The molecule has 0 heterocycles. The summed E-state index contributed by atoms with van der Waals surface area (Å²) in [5, 5.41) is 6.20. The molecule has 0 amide bonds. The average Bonchev–Trinajstić information content (AvgIpc) is 2.60. The van der Waals surface area contributed by atoms with Gasteiger partial charge in [0.25, 0.3) is 0 Å². The summed E-state index contributed by atoms with van der Waals surface area (Å²) in [5.41, 5.74) is 0. The van der Waals surface area contributed by atoms with Gasteiger partial charge < -0.3 is 10.6 Å². The molecule has 0 atom stereocenters. The highest BCUT2D eigenvalue weighted by atomic mass is 32.2. The molecule has 0 aliphatic heterocycles. The lowest BCUT2D eigenvalue weighted by molar-refractivity contribution is 0.316. The smallest absolute Gasteiger partial charge is 0.213 e. The highest BCUT2D eigenvalue weighted by molar-refractivity contribution is 7.99. The van der Waals surface area contributed by atoms with Crippen LogP contribution in [0, 0.1) is 11.7 Å². The fourth-order valence-corrected chi connectivity index (χ4v) is 4.40. The Labute approximate surface area is 165 Å². The Morgan fingerprint density at radius 2 is 1.93 bits per heavy atom. The largest absolute Gasteiger partial charge is 0.356 e. The van der Waals surface area contributed by atoms with Crippen molar-refractivity contribution in [3.8, 4) is 0 Å². The number of nitrogens with zero attached hydrogens (tertiary/aromatic N) is 1. The fourth-order valence-electron chi connectivity index (χ4n) is 2.54. The molecule has 9 heteroatoms. The molecule has 1 aromatic carbocycles. The van der Waals surface area contributed by atoms with Gasteiger partial charge in [0.15, 0.2) is 5.96 Å². The monoisotopic (exact) mass is 416 g/mol. The lowest BCUT2D eigenvalue weighted by atomic mass is 9.86. The molecule has 1 saturated carbocycles. The van der Waals surface area contributed by atoms with E-state index in [4.69, 9.17) is 0 Å². The molecule has 152 valence electrons. The van der Waals surface area contributed by atoms with Gasteiger partial charge in [0, 0.05) is 31.6 Å². The van der Waals surface area contributed by atoms with E-state index in [1.807, 2.05) is 0 Å². The Morgan fingerprint density at radius 3 is 2.56 bits per heavy atom. The molecule has 3 N–H and O–H groups in total. The molecule has 27 heavy (non-hydrogen) atoms. The molecule has 2 rings (SSSR count). The summed E-state index contributed by atoms with van der Waals surface area (Å²) in [4.78, 5) is 5.14. The van der Waals surface area contributed by atoms with Crippen LogP contribution in [0.1, 0.15) is 25.7 Å². The number of thioether (sulfide) groups is 1. The number of halogens is 1. The molecule has 0 saturated heterocycles. The SMILES string of the molecule is CN=C(NCCCSc1ccc(F)cc1)NCCS(=O)(=O)NCC1CCC1. The van der Waals surface area contributed by atoms with Crippen molar-refractivity contribution in [2.75, 3.05) is 38.2 Å². The van der Waals surface area contributed by atoms with E-state index in [1.165, 1.54) is 18.6 Å². The average molecular weight is 417 g/mol. The maximum absolute atomic E-state index is 12.8. The van der Waals surface area contributed by atoms with E-state index < -0.39 is 10.0 Å². The minimum absolute atomic E-state index is 0.0286. The zero-order valence-electron chi connectivity index (χ0n) is 15.7. The minimum Gasteiger partial charge on any atom is -0.356 e. The van der Waals surface area contributed by atoms with Crippen molar-refractivity contribution in [2.24, 2.45) is 10.9 Å². The second-order valence-electron chi connectivity index (χ2n) is 6.55. The molecule has 0 spiro atoms. The normalized spacial score (nSPS) is 15.4. The minimum atomic E-state index is -3.24. The lowest BCUT2D eigenvalue weighted by Gasteiger charge is -2.25. The second-order valence-corrected chi connectivity index (χ2v) is 9.64. The predicted molar refractivity (Wildman–Crippen MR) is 110 cm³/mol. The molecule has 0 unspecified atom stereocenters. The Bertz CT molecular complexity index is 692. The van der Waals surface area contributed by atoms with Crippen LogP contribution in [0.2, 0.25) is 0 Å². The zero-order valence-corrected chi connectivity index (χ0v) is 17.3. The summed E-state index contributed by atoms with van der Waals surface area (Å²) in [7, 11) is -1.59. The van der Waals surface area contributed by atoms with Crippen LogP contribution in [-0.4, -0.2) is 52.6 Å². The number of guanidine groups is 1. The first-order chi connectivity index (χ1) is 13.0. The van der Waals surface area contributed by atoms with Crippen molar-refractivity contribution in [3.63, 3.8) is 0 Å². The van der Waals surface area contributed by atoms with Crippen molar-refractivity contribution in [1.29, 1.82) is 0 Å². The topological polar surface area (TPSA) is 82.6 Å². The highest BCUT2D eigenvalue weighted by Crippen LogP contribution is 2.25. The predicted octanol–water partition coefficient (Wildman–Crippen LogP) is 2.19. The quantitative estimate of drug-likeness (QED) is 0.223. The maximum Gasteiger partial charge on any atom is 0.213 e. The van der Waals surface area contributed by atoms with Crippen LogP contribution < -0.4 is 15.4 Å². The van der Waals surface area contributed by atoms with Crippen molar-refractivity contribution in [3.05, 3.63) is 30.1 Å². The molecular formula is C18H29FN4O2S2. The molecule has 1 aliphatic carbocycles. The van der Waals surface area contributed by atoms with Gasteiger partial charge in [-0.1, -0.05) is 6.42 Å². The summed E-state index contributed by atoms with van der Waals surface area (Å²) in [6, 6.07) is 6.46. The Hall–Kier alpha value is -1.32. The van der Waals surface area contributed by atoms with Crippen LogP contribution in [0.15, 0.2) is 34.2 Å². The standard InChI is InChI=1S/C18H29FN4O2S2/c1-20-18(21-10-3-12-26-17-8-6-16(19)7-9-17)22-11-13-27(24,25)23-14-15-4-2-5-15/h6-9,15,23H,2-5,10-14H2,1H3,(H2,20,21,22).